The first kappa shape index (κ1) is 15.1. The molecular weight excluding hydrogens is 282 g/mol. The summed E-state index contributed by atoms with van der Waals surface area (Å²) in [4.78, 5) is 10.6. The standard InChI is InChI=1S/C13H21NO7/c1-12(2)17-6-8(19-12)9-7(5-14(15)16)10-11(18-9)21-13(3,4)20-10/h7-11H,5-6H2,1-4H3/t7-,8-,9+,10-,11-/m1/s1. The average Bonchev–Trinajstić information content (AvgIpc) is 2.90. The maximum Gasteiger partial charge on any atom is 0.211 e. The van der Waals surface area contributed by atoms with Crippen molar-refractivity contribution in [2.24, 2.45) is 5.92 Å². The third-order valence-electron chi connectivity index (χ3n) is 3.98. The summed E-state index contributed by atoms with van der Waals surface area (Å²) in [5, 5.41) is 11.0. The zero-order chi connectivity index (χ0) is 15.4. The largest absolute Gasteiger partial charge is 0.348 e. The Morgan fingerprint density at radius 1 is 1.10 bits per heavy atom. The first-order valence-electron chi connectivity index (χ1n) is 7.11. The number of rotatable bonds is 3. The van der Waals surface area contributed by atoms with Gasteiger partial charge in [0.2, 0.25) is 6.54 Å². The zero-order valence-corrected chi connectivity index (χ0v) is 12.6. The van der Waals surface area contributed by atoms with Crippen molar-refractivity contribution in [3.63, 3.8) is 0 Å². The average molecular weight is 303 g/mol. The van der Waals surface area contributed by atoms with Gasteiger partial charge in [0.15, 0.2) is 17.9 Å². The Hall–Kier alpha value is -0.800. The lowest BCUT2D eigenvalue weighted by Crippen LogP contribution is -2.42. The minimum atomic E-state index is -0.790. The number of hydrogen-bond donors (Lipinski definition) is 0. The highest BCUT2D eigenvalue weighted by Gasteiger charge is 2.59. The first-order chi connectivity index (χ1) is 9.67. The van der Waals surface area contributed by atoms with E-state index in [1.807, 2.05) is 0 Å². The third kappa shape index (κ3) is 2.91. The lowest BCUT2D eigenvalue weighted by atomic mass is 9.95. The van der Waals surface area contributed by atoms with Gasteiger partial charge in [0, 0.05) is 4.92 Å². The van der Waals surface area contributed by atoms with Gasteiger partial charge in [0.1, 0.15) is 18.3 Å². The summed E-state index contributed by atoms with van der Waals surface area (Å²) < 4.78 is 28.6. The minimum absolute atomic E-state index is 0.244. The molecule has 3 aliphatic heterocycles. The van der Waals surface area contributed by atoms with E-state index in [-0.39, 0.29) is 17.6 Å². The molecule has 0 amide bonds. The summed E-state index contributed by atoms with van der Waals surface area (Å²) in [6.45, 7) is 7.25. The van der Waals surface area contributed by atoms with E-state index in [0.29, 0.717) is 6.61 Å². The molecule has 3 rings (SSSR count). The van der Waals surface area contributed by atoms with Crippen LogP contribution in [0.2, 0.25) is 0 Å². The van der Waals surface area contributed by atoms with Crippen LogP contribution in [0.5, 0.6) is 0 Å². The summed E-state index contributed by atoms with van der Waals surface area (Å²) in [5.41, 5.74) is 0. The quantitative estimate of drug-likeness (QED) is 0.565. The molecule has 5 atom stereocenters. The number of hydrogen-bond acceptors (Lipinski definition) is 7. The fraction of sp³-hybridized carbons (Fsp3) is 1.00. The summed E-state index contributed by atoms with van der Waals surface area (Å²) in [5.74, 6) is -1.91. The highest BCUT2D eigenvalue weighted by atomic mass is 16.8. The predicted molar refractivity (Wildman–Crippen MR) is 69.0 cm³/mol. The fourth-order valence-electron chi connectivity index (χ4n) is 3.22. The Morgan fingerprint density at radius 3 is 2.38 bits per heavy atom. The van der Waals surface area contributed by atoms with Gasteiger partial charge in [-0.1, -0.05) is 0 Å². The molecule has 3 fully saturated rings. The van der Waals surface area contributed by atoms with Crippen LogP contribution in [0.3, 0.4) is 0 Å². The van der Waals surface area contributed by atoms with E-state index in [4.69, 9.17) is 23.7 Å². The van der Waals surface area contributed by atoms with Gasteiger partial charge in [0.25, 0.3) is 0 Å². The molecule has 0 unspecified atom stereocenters. The monoisotopic (exact) mass is 303 g/mol. The van der Waals surface area contributed by atoms with Crippen LogP contribution < -0.4 is 0 Å². The molecule has 0 aliphatic carbocycles. The molecule has 0 bridgehead atoms. The summed E-state index contributed by atoms with van der Waals surface area (Å²) in [6.07, 6.45) is -1.88. The molecule has 3 heterocycles. The molecule has 8 heteroatoms. The van der Waals surface area contributed by atoms with Gasteiger partial charge in [0.05, 0.1) is 12.5 Å². The van der Waals surface area contributed by atoms with Crippen LogP contribution in [0.25, 0.3) is 0 Å². The van der Waals surface area contributed by atoms with Gasteiger partial charge in [-0.2, -0.15) is 0 Å². The van der Waals surface area contributed by atoms with Crippen LogP contribution in [-0.2, 0) is 23.7 Å². The van der Waals surface area contributed by atoms with E-state index in [0.717, 1.165) is 0 Å². The fourth-order valence-corrected chi connectivity index (χ4v) is 3.22. The minimum Gasteiger partial charge on any atom is -0.348 e. The Balaban J connectivity index is 1.77. The Labute approximate surface area is 122 Å². The molecule has 3 saturated heterocycles. The Kier molecular flexibility index (Phi) is 3.49. The van der Waals surface area contributed by atoms with Gasteiger partial charge in [-0.3, -0.25) is 10.1 Å². The molecule has 0 radical (unpaired) electrons. The Morgan fingerprint density at radius 2 is 1.81 bits per heavy atom. The van der Waals surface area contributed by atoms with Crippen LogP contribution in [0.4, 0.5) is 0 Å². The van der Waals surface area contributed by atoms with Gasteiger partial charge in [-0.25, -0.2) is 0 Å². The van der Waals surface area contributed by atoms with Crippen molar-refractivity contribution in [3.05, 3.63) is 10.1 Å². The second-order valence-electron chi connectivity index (χ2n) is 6.62. The summed E-state index contributed by atoms with van der Waals surface area (Å²) in [7, 11) is 0. The maximum atomic E-state index is 11.0. The molecule has 0 spiro atoms. The lowest BCUT2D eigenvalue weighted by molar-refractivity contribution is -0.492. The molecule has 21 heavy (non-hydrogen) atoms. The van der Waals surface area contributed by atoms with E-state index in [1.54, 1.807) is 27.7 Å². The molecule has 3 aliphatic rings. The molecular formula is C13H21NO7. The first-order valence-corrected chi connectivity index (χ1v) is 7.11. The summed E-state index contributed by atoms with van der Waals surface area (Å²) in [6, 6.07) is 0. The van der Waals surface area contributed by atoms with Crippen molar-refractivity contribution in [3.8, 4) is 0 Å². The van der Waals surface area contributed by atoms with Gasteiger partial charge < -0.3 is 23.7 Å². The third-order valence-corrected chi connectivity index (χ3v) is 3.98. The number of nitro groups is 1. The maximum absolute atomic E-state index is 11.0. The van der Waals surface area contributed by atoms with Gasteiger partial charge in [-0.15, -0.1) is 0 Å². The number of nitrogens with zero attached hydrogens (tertiary/aromatic N) is 1. The zero-order valence-electron chi connectivity index (χ0n) is 12.6. The Bertz CT molecular complexity index is 438. The smallest absolute Gasteiger partial charge is 0.211 e. The predicted octanol–water partition coefficient (Wildman–Crippen LogP) is 0.907. The van der Waals surface area contributed by atoms with E-state index < -0.39 is 36.0 Å². The number of fused-ring (bicyclic) bond motifs is 1. The van der Waals surface area contributed by atoms with E-state index >= 15 is 0 Å². The number of ether oxygens (including phenoxy) is 5. The van der Waals surface area contributed by atoms with Crippen LogP contribution >= 0.6 is 0 Å². The van der Waals surface area contributed by atoms with Crippen molar-refractivity contribution < 1.29 is 28.6 Å². The van der Waals surface area contributed by atoms with Crippen molar-refractivity contribution in [1.82, 2.24) is 0 Å². The SMILES string of the molecule is CC1(C)O[C@H]2O[C@H]([C@H]3COC(C)(C)O3)[C@@H](C[N+](=O)[O-])[C@H]2O1. The van der Waals surface area contributed by atoms with Crippen LogP contribution in [-0.4, -0.2) is 54.3 Å². The van der Waals surface area contributed by atoms with Crippen molar-refractivity contribution >= 4 is 0 Å². The molecule has 0 aromatic carbocycles. The highest BCUT2D eigenvalue weighted by molar-refractivity contribution is 4.97. The van der Waals surface area contributed by atoms with Crippen LogP contribution in [0, 0.1) is 16.0 Å². The molecule has 0 saturated carbocycles. The molecule has 0 N–H and O–H groups in total. The van der Waals surface area contributed by atoms with E-state index in [9.17, 15) is 10.1 Å². The van der Waals surface area contributed by atoms with Crippen LogP contribution in [0.15, 0.2) is 0 Å². The van der Waals surface area contributed by atoms with E-state index in [1.165, 1.54) is 0 Å². The molecule has 8 nitrogen and oxygen atoms in total. The summed E-state index contributed by atoms with van der Waals surface area (Å²) >= 11 is 0. The van der Waals surface area contributed by atoms with Gasteiger partial charge >= 0.3 is 0 Å². The van der Waals surface area contributed by atoms with Gasteiger partial charge in [-0.05, 0) is 27.7 Å². The second kappa shape index (κ2) is 4.85. The van der Waals surface area contributed by atoms with Crippen molar-refractivity contribution in [2.45, 2.75) is 63.9 Å². The van der Waals surface area contributed by atoms with Crippen LogP contribution in [0.1, 0.15) is 27.7 Å². The topological polar surface area (TPSA) is 89.3 Å². The molecule has 120 valence electrons. The normalized spacial score (nSPS) is 43.9. The molecule has 0 aromatic rings. The van der Waals surface area contributed by atoms with E-state index in [2.05, 4.69) is 0 Å². The second-order valence-corrected chi connectivity index (χ2v) is 6.62. The van der Waals surface area contributed by atoms with Crippen molar-refractivity contribution in [2.75, 3.05) is 13.2 Å². The molecule has 0 aromatic heterocycles. The van der Waals surface area contributed by atoms with Crippen molar-refractivity contribution in [1.29, 1.82) is 0 Å². The highest BCUT2D eigenvalue weighted by Crippen LogP contribution is 2.43. The lowest BCUT2D eigenvalue weighted by Gasteiger charge is -2.27.